The third kappa shape index (κ3) is 2.97. The van der Waals surface area contributed by atoms with Crippen LogP contribution in [0.25, 0.3) is 32.7 Å². The molecule has 0 fully saturated rings. The molecular formula is C20H18ClN3O3. The molecule has 4 rings (SSSR count). The fourth-order valence-corrected chi connectivity index (χ4v) is 3.79. The van der Waals surface area contributed by atoms with Crippen molar-refractivity contribution in [1.29, 1.82) is 0 Å². The lowest BCUT2D eigenvalue weighted by atomic mass is 10.1. The summed E-state index contributed by atoms with van der Waals surface area (Å²) in [7, 11) is 1.63. The second kappa shape index (κ2) is 7.06. The summed E-state index contributed by atoms with van der Waals surface area (Å²) < 4.78 is 7.53. The first-order valence-corrected chi connectivity index (χ1v) is 8.99. The van der Waals surface area contributed by atoms with E-state index in [4.69, 9.17) is 21.5 Å². The number of rotatable bonds is 5. The number of nitrogens with one attached hydrogen (secondary N) is 1. The van der Waals surface area contributed by atoms with Gasteiger partial charge in [-0.2, -0.15) is 0 Å². The van der Waals surface area contributed by atoms with Crippen molar-refractivity contribution in [3.05, 3.63) is 47.6 Å². The number of fused-ring (bicyclic) bond motifs is 5. The lowest BCUT2D eigenvalue weighted by Gasteiger charge is -2.09. The Balaban J connectivity index is 1.99. The van der Waals surface area contributed by atoms with Gasteiger partial charge < -0.3 is 9.30 Å². The van der Waals surface area contributed by atoms with Crippen molar-refractivity contribution >= 4 is 50.2 Å². The number of hydroxylamine groups is 1. The van der Waals surface area contributed by atoms with Crippen LogP contribution in [0, 0.1) is 0 Å². The average molecular weight is 384 g/mol. The van der Waals surface area contributed by atoms with Crippen LogP contribution in [0.2, 0.25) is 5.15 Å². The van der Waals surface area contributed by atoms with Gasteiger partial charge in [-0.15, -0.1) is 0 Å². The normalized spacial score (nSPS) is 11.4. The molecule has 1 amide bonds. The van der Waals surface area contributed by atoms with Crippen LogP contribution in [0.1, 0.15) is 12.8 Å². The van der Waals surface area contributed by atoms with Crippen molar-refractivity contribution < 1.29 is 14.7 Å². The maximum atomic E-state index is 11.4. The average Bonchev–Trinajstić information content (AvgIpc) is 3.01. The monoisotopic (exact) mass is 383 g/mol. The fraction of sp³-hybridized carbons (Fsp3) is 0.200. The number of hydrogen-bond donors (Lipinski definition) is 2. The highest BCUT2D eigenvalue weighted by Crippen LogP contribution is 2.37. The number of aromatic nitrogens is 2. The summed E-state index contributed by atoms with van der Waals surface area (Å²) >= 11 is 6.45. The fourth-order valence-electron chi connectivity index (χ4n) is 3.54. The zero-order valence-electron chi connectivity index (χ0n) is 14.7. The van der Waals surface area contributed by atoms with E-state index >= 15 is 0 Å². The quantitative estimate of drug-likeness (QED) is 0.306. The van der Waals surface area contributed by atoms with E-state index in [0.29, 0.717) is 18.1 Å². The summed E-state index contributed by atoms with van der Waals surface area (Å²) in [6, 6.07) is 13.7. The molecule has 0 unspecified atom stereocenters. The number of nitrogens with zero attached hydrogens (tertiary/aromatic N) is 2. The molecule has 0 aliphatic carbocycles. The molecule has 6 nitrogen and oxygen atoms in total. The molecule has 0 saturated carbocycles. The van der Waals surface area contributed by atoms with Crippen molar-refractivity contribution in [2.45, 2.75) is 19.4 Å². The van der Waals surface area contributed by atoms with Crippen LogP contribution in [0.4, 0.5) is 0 Å². The van der Waals surface area contributed by atoms with Crippen molar-refractivity contribution in [3.63, 3.8) is 0 Å². The number of amides is 1. The standard InChI is InChI=1S/C20H18ClN3O3/c1-27-12-8-9-16-15(11-12)18-19(24(16)10-4-7-17(25)23-26)13-5-2-3-6-14(13)20(21)22-18/h2-3,5-6,8-9,11,26H,4,7,10H2,1H3,(H,23,25). The summed E-state index contributed by atoms with van der Waals surface area (Å²) in [4.78, 5) is 16.0. The molecule has 0 radical (unpaired) electrons. The molecule has 2 N–H and O–H groups in total. The van der Waals surface area contributed by atoms with E-state index in [0.717, 1.165) is 38.5 Å². The molecule has 0 spiro atoms. The van der Waals surface area contributed by atoms with Crippen molar-refractivity contribution in [1.82, 2.24) is 15.0 Å². The van der Waals surface area contributed by atoms with E-state index in [1.54, 1.807) is 12.6 Å². The number of hydrogen-bond acceptors (Lipinski definition) is 4. The van der Waals surface area contributed by atoms with E-state index in [1.165, 1.54) is 0 Å². The van der Waals surface area contributed by atoms with Crippen LogP contribution < -0.4 is 10.2 Å². The van der Waals surface area contributed by atoms with Crippen molar-refractivity contribution in [2.75, 3.05) is 7.11 Å². The molecule has 7 heteroatoms. The lowest BCUT2D eigenvalue weighted by molar-refractivity contribution is -0.129. The summed E-state index contributed by atoms with van der Waals surface area (Å²) in [5.41, 5.74) is 4.45. The van der Waals surface area contributed by atoms with Gasteiger partial charge in [-0.25, -0.2) is 10.5 Å². The molecule has 138 valence electrons. The van der Waals surface area contributed by atoms with E-state index in [-0.39, 0.29) is 6.42 Å². The summed E-state index contributed by atoms with van der Waals surface area (Å²) in [6.07, 6.45) is 0.807. The number of carbonyl (C=O) groups is 1. The minimum absolute atomic E-state index is 0.229. The van der Waals surface area contributed by atoms with Gasteiger partial charge in [0.2, 0.25) is 5.91 Å². The van der Waals surface area contributed by atoms with E-state index < -0.39 is 5.91 Å². The van der Waals surface area contributed by atoms with Crippen LogP contribution >= 0.6 is 11.6 Å². The maximum Gasteiger partial charge on any atom is 0.243 e. The number of methoxy groups -OCH3 is 1. The molecule has 2 heterocycles. The van der Waals surface area contributed by atoms with Gasteiger partial charge in [0, 0.05) is 29.1 Å². The molecule has 2 aromatic heterocycles. The van der Waals surface area contributed by atoms with Gasteiger partial charge in [0.15, 0.2) is 0 Å². The Morgan fingerprint density at radius 1 is 1.22 bits per heavy atom. The number of carbonyl (C=O) groups excluding carboxylic acids is 1. The van der Waals surface area contributed by atoms with E-state index in [2.05, 4.69) is 9.55 Å². The van der Waals surface area contributed by atoms with Crippen molar-refractivity contribution in [2.24, 2.45) is 0 Å². The van der Waals surface area contributed by atoms with Gasteiger partial charge >= 0.3 is 0 Å². The number of aryl methyl sites for hydroxylation is 1. The Hall–Kier alpha value is -2.83. The van der Waals surface area contributed by atoms with Crippen molar-refractivity contribution in [3.8, 4) is 5.75 Å². The molecule has 4 aromatic rings. The second-order valence-corrected chi connectivity index (χ2v) is 6.68. The van der Waals surface area contributed by atoms with E-state index in [1.807, 2.05) is 42.5 Å². The third-order valence-corrected chi connectivity index (χ3v) is 5.06. The minimum atomic E-state index is -0.400. The lowest BCUT2D eigenvalue weighted by Crippen LogP contribution is -2.18. The minimum Gasteiger partial charge on any atom is -0.497 e. The van der Waals surface area contributed by atoms with Crippen LogP contribution in [0.15, 0.2) is 42.5 Å². The zero-order chi connectivity index (χ0) is 19.0. The topological polar surface area (TPSA) is 76.4 Å². The zero-order valence-corrected chi connectivity index (χ0v) is 15.5. The number of halogens is 1. The highest BCUT2D eigenvalue weighted by atomic mass is 35.5. The first-order chi connectivity index (χ1) is 13.1. The Kier molecular flexibility index (Phi) is 4.59. The molecular weight excluding hydrogens is 366 g/mol. The molecule has 27 heavy (non-hydrogen) atoms. The molecule has 0 aliphatic rings. The van der Waals surface area contributed by atoms with Gasteiger partial charge in [0.1, 0.15) is 10.9 Å². The van der Waals surface area contributed by atoms with Crippen LogP contribution in [0.3, 0.4) is 0 Å². The number of pyridine rings is 1. The van der Waals surface area contributed by atoms with Gasteiger partial charge in [0.05, 0.1) is 23.7 Å². The van der Waals surface area contributed by atoms with Gasteiger partial charge in [-0.05, 0) is 24.6 Å². The first-order valence-electron chi connectivity index (χ1n) is 8.61. The second-order valence-electron chi connectivity index (χ2n) is 6.32. The molecule has 2 aromatic carbocycles. The first kappa shape index (κ1) is 17.6. The van der Waals surface area contributed by atoms with Crippen LogP contribution in [0.5, 0.6) is 5.75 Å². The largest absolute Gasteiger partial charge is 0.497 e. The van der Waals surface area contributed by atoms with Gasteiger partial charge in [-0.3, -0.25) is 10.0 Å². The maximum absolute atomic E-state index is 11.4. The SMILES string of the molecule is COc1ccc2c(c1)c1nc(Cl)c3ccccc3c1n2CCCC(=O)NO. The molecule has 0 saturated heterocycles. The summed E-state index contributed by atoms with van der Waals surface area (Å²) in [6.45, 7) is 0.604. The summed E-state index contributed by atoms with van der Waals surface area (Å²) in [5, 5.41) is 12.0. The molecule has 0 aliphatic heterocycles. The van der Waals surface area contributed by atoms with Gasteiger partial charge in [-0.1, -0.05) is 35.9 Å². The third-order valence-electron chi connectivity index (χ3n) is 4.77. The van der Waals surface area contributed by atoms with Crippen LogP contribution in [-0.2, 0) is 11.3 Å². The highest BCUT2D eigenvalue weighted by Gasteiger charge is 2.17. The smallest absolute Gasteiger partial charge is 0.243 e. The van der Waals surface area contributed by atoms with E-state index in [9.17, 15) is 4.79 Å². The Labute approximate surface area is 160 Å². The Bertz CT molecular complexity index is 1170. The number of benzene rings is 2. The number of ether oxygens (including phenoxy) is 1. The molecule has 0 atom stereocenters. The Morgan fingerprint density at radius 3 is 2.74 bits per heavy atom. The summed E-state index contributed by atoms with van der Waals surface area (Å²) in [5.74, 6) is 0.343. The predicted molar refractivity (Wildman–Crippen MR) is 105 cm³/mol. The predicted octanol–water partition coefficient (Wildman–Crippen LogP) is 4.29. The van der Waals surface area contributed by atoms with Gasteiger partial charge in [0.25, 0.3) is 0 Å². The highest BCUT2D eigenvalue weighted by molar-refractivity contribution is 6.36. The van der Waals surface area contributed by atoms with Crippen LogP contribution in [-0.4, -0.2) is 27.8 Å². The Morgan fingerprint density at radius 2 is 2.00 bits per heavy atom. The molecule has 0 bridgehead atoms.